The first-order valence-corrected chi connectivity index (χ1v) is 10.3. The minimum atomic E-state index is 0.662. The zero-order chi connectivity index (χ0) is 18.2. The van der Waals surface area contributed by atoms with Crippen LogP contribution in [0.15, 0.2) is 60.7 Å². The van der Waals surface area contributed by atoms with Crippen LogP contribution >= 0.6 is 0 Å². The Hall–Kier alpha value is -2.38. The van der Waals surface area contributed by atoms with Crippen molar-refractivity contribution in [2.75, 3.05) is 7.05 Å². The smallest absolute Gasteiger partial charge is 0.0202 e. The van der Waals surface area contributed by atoms with Crippen LogP contribution < -0.4 is 5.32 Å². The maximum Gasteiger partial charge on any atom is 0.0202 e. The van der Waals surface area contributed by atoms with Crippen molar-refractivity contribution < 1.29 is 0 Å². The van der Waals surface area contributed by atoms with E-state index in [4.69, 9.17) is 0 Å². The molecule has 0 aromatic heterocycles. The SMILES string of the molecule is CNCc1ccc(C2CCc3c(ccc4c3CCc3ccccc3-4)C2)cc1. The third-order valence-corrected chi connectivity index (χ3v) is 6.52. The first kappa shape index (κ1) is 16.8. The van der Waals surface area contributed by atoms with Gasteiger partial charge >= 0.3 is 0 Å². The predicted octanol–water partition coefficient (Wildman–Crippen LogP) is 5.44. The molecule has 1 heteroatoms. The minimum Gasteiger partial charge on any atom is -0.316 e. The van der Waals surface area contributed by atoms with Gasteiger partial charge in [0.15, 0.2) is 0 Å². The van der Waals surface area contributed by atoms with Gasteiger partial charge < -0.3 is 5.32 Å². The van der Waals surface area contributed by atoms with Crippen molar-refractivity contribution in [2.24, 2.45) is 0 Å². The highest BCUT2D eigenvalue weighted by molar-refractivity contribution is 5.75. The van der Waals surface area contributed by atoms with Gasteiger partial charge in [-0.05, 0) is 89.6 Å². The number of fused-ring (bicyclic) bond motifs is 5. The predicted molar refractivity (Wildman–Crippen MR) is 113 cm³/mol. The zero-order valence-electron chi connectivity index (χ0n) is 16.1. The van der Waals surface area contributed by atoms with Gasteiger partial charge in [0.1, 0.15) is 0 Å². The molecule has 0 radical (unpaired) electrons. The van der Waals surface area contributed by atoms with E-state index in [0.717, 1.165) is 6.54 Å². The highest BCUT2D eigenvalue weighted by Crippen LogP contribution is 2.41. The lowest BCUT2D eigenvalue weighted by atomic mass is 9.74. The molecule has 2 aliphatic carbocycles. The first-order chi connectivity index (χ1) is 13.3. The first-order valence-electron chi connectivity index (χ1n) is 10.3. The fraction of sp³-hybridized carbons (Fsp3) is 0.308. The summed E-state index contributed by atoms with van der Waals surface area (Å²) in [5.41, 5.74) is 12.2. The standard InChI is InChI=1S/C26H27N/c1-27-17-18-6-8-19(9-7-18)21-11-13-24-22(16-21)12-15-25-23-5-3-2-4-20(23)10-14-26(24)25/h2-9,12,15,21,27H,10-11,13-14,16-17H2,1H3. The summed E-state index contributed by atoms with van der Waals surface area (Å²) in [5, 5.41) is 3.23. The van der Waals surface area contributed by atoms with E-state index in [2.05, 4.69) is 66.0 Å². The molecule has 2 aliphatic rings. The summed E-state index contributed by atoms with van der Waals surface area (Å²) < 4.78 is 0. The van der Waals surface area contributed by atoms with Crippen LogP contribution in [0.5, 0.6) is 0 Å². The number of hydrogen-bond donors (Lipinski definition) is 1. The maximum absolute atomic E-state index is 3.23. The van der Waals surface area contributed by atoms with E-state index in [1.165, 1.54) is 59.9 Å². The Kier molecular flexibility index (Phi) is 4.33. The summed E-state index contributed by atoms with van der Waals surface area (Å²) in [5.74, 6) is 0.662. The molecule has 0 heterocycles. The second-order valence-corrected chi connectivity index (χ2v) is 8.10. The van der Waals surface area contributed by atoms with Crippen molar-refractivity contribution in [1.82, 2.24) is 5.32 Å². The monoisotopic (exact) mass is 353 g/mol. The molecule has 1 atom stereocenters. The van der Waals surface area contributed by atoms with Gasteiger partial charge in [0, 0.05) is 6.54 Å². The third-order valence-electron chi connectivity index (χ3n) is 6.52. The van der Waals surface area contributed by atoms with Gasteiger partial charge in [0.2, 0.25) is 0 Å². The van der Waals surface area contributed by atoms with Crippen molar-refractivity contribution in [3.8, 4) is 11.1 Å². The Labute approximate surface area is 162 Å². The molecule has 1 nitrogen and oxygen atoms in total. The molecule has 0 saturated carbocycles. The summed E-state index contributed by atoms with van der Waals surface area (Å²) in [6, 6.07) is 23.0. The van der Waals surface area contributed by atoms with Gasteiger partial charge in [-0.2, -0.15) is 0 Å². The molecule has 0 bridgehead atoms. The molecule has 136 valence electrons. The summed E-state index contributed by atoms with van der Waals surface area (Å²) >= 11 is 0. The van der Waals surface area contributed by atoms with E-state index in [0.29, 0.717) is 5.92 Å². The fourth-order valence-corrected chi connectivity index (χ4v) is 5.13. The zero-order valence-corrected chi connectivity index (χ0v) is 16.1. The minimum absolute atomic E-state index is 0.662. The Balaban J connectivity index is 1.45. The molecule has 5 rings (SSSR count). The topological polar surface area (TPSA) is 12.0 Å². The lowest BCUT2D eigenvalue weighted by Crippen LogP contribution is -2.17. The average molecular weight is 354 g/mol. The lowest BCUT2D eigenvalue weighted by molar-refractivity contribution is 0.580. The average Bonchev–Trinajstić information content (AvgIpc) is 2.73. The van der Waals surface area contributed by atoms with Gasteiger partial charge in [0.25, 0.3) is 0 Å². The van der Waals surface area contributed by atoms with Crippen molar-refractivity contribution in [3.05, 3.63) is 94.0 Å². The molecule has 1 unspecified atom stereocenters. The van der Waals surface area contributed by atoms with Gasteiger partial charge in [-0.3, -0.25) is 0 Å². The van der Waals surface area contributed by atoms with E-state index < -0.39 is 0 Å². The maximum atomic E-state index is 3.23. The number of benzene rings is 3. The third kappa shape index (κ3) is 3.00. The highest BCUT2D eigenvalue weighted by atomic mass is 14.8. The molecule has 0 saturated heterocycles. The van der Waals surface area contributed by atoms with E-state index in [1.807, 2.05) is 7.05 Å². The second kappa shape index (κ2) is 6.98. The molecule has 0 aliphatic heterocycles. The molecule has 27 heavy (non-hydrogen) atoms. The number of aryl methyl sites for hydroxylation is 1. The van der Waals surface area contributed by atoms with Gasteiger partial charge in [0.05, 0.1) is 0 Å². The van der Waals surface area contributed by atoms with E-state index in [9.17, 15) is 0 Å². The number of hydrogen-bond acceptors (Lipinski definition) is 1. The summed E-state index contributed by atoms with van der Waals surface area (Å²) in [7, 11) is 2.01. The van der Waals surface area contributed by atoms with Crippen molar-refractivity contribution >= 4 is 0 Å². The summed E-state index contributed by atoms with van der Waals surface area (Å²) in [4.78, 5) is 0. The highest BCUT2D eigenvalue weighted by Gasteiger charge is 2.26. The fourth-order valence-electron chi connectivity index (χ4n) is 5.13. The van der Waals surface area contributed by atoms with Gasteiger partial charge in [-0.15, -0.1) is 0 Å². The van der Waals surface area contributed by atoms with Crippen LogP contribution in [0.3, 0.4) is 0 Å². The van der Waals surface area contributed by atoms with Crippen molar-refractivity contribution in [1.29, 1.82) is 0 Å². The Morgan fingerprint density at radius 3 is 2.48 bits per heavy atom. The molecule has 3 aromatic carbocycles. The second-order valence-electron chi connectivity index (χ2n) is 8.10. The van der Waals surface area contributed by atoms with Crippen LogP contribution in [0.4, 0.5) is 0 Å². The van der Waals surface area contributed by atoms with Crippen molar-refractivity contribution in [3.63, 3.8) is 0 Å². The molecular formula is C26H27N. The normalized spacial score (nSPS) is 17.7. The number of nitrogens with one attached hydrogen (secondary N) is 1. The molecule has 0 amide bonds. The quantitative estimate of drug-likeness (QED) is 0.661. The molecule has 3 aromatic rings. The molecular weight excluding hydrogens is 326 g/mol. The van der Waals surface area contributed by atoms with Crippen LogP contribution in [-0.2, 0) is 32.2 Å². The van der Waals surface area contributed by atoms with Gasteiger partial charge in [-0.25, -0.2) is 0 Å². The lowest BCUT2D eigenvalue weighted by Gasteiger charge is -2.30. The van der Waals surface area contributed by atoms with Crippen LogP contribution in [0.1, 0.15) is 45.7 Å². The van der Waals surface area contributed by atoms with Gasteiger partial charge in [-0.1, -0.05) is 60.7 Å². The largest absolute Gasteiger partial charge is 0.316 e. The molecule has 0 fully saturated rings. The summed E-state index contributed by atoms with van der Waals surface area (Å²) in [6.45, 7) is 0.946. The van der Waals surface area contributed by atoms with Crippen molar-refractivity contribution in [2.45, 2.75) is 44.6 Å². The Bertz CT molecular complexity index is 968. The van der Waals surface area contributed by atoms with E-state index >= 15 is 0 Å². The Morgan fingerprint density at radius 1 is 0.778 bits per heavy atom. The molecule has 1 N–H and O–H groups in total. The summed E-state index contributed by atoms with van der Waals surface area (Å²) in [6.07, 6.45) is 6.09. The van der Waals surface area contributed by atoms with Crippen LogP contribution in [0.25, 0.3) is 11.1 Å². The molecule has 0 spiro atoms. The van der Waals surface area contributed by atoms with E-state index in [1.54, 1.807) is 16.7 Å². The van der Waals surface area contributed by atoms with E-state index in [-0.39, 0.29) is 0 Å². The van der Waals surface area contributed by atoms with Crippen LogP contribution in [0.2, 0.25) is 0 Å². The van der Waals surface area contributed by atoms with Crippen LogP contribution in [-0.4, -0.2) is 7.05 Å². The number of rotatable bonds is 3. The van der Waals surface area contributed by atoms with Crippen LogP contribution in [0, 0.1) is 0 Å². The Morgan fingerprint density at radius 2 is 1.63 bits per heavy atom.